The van der Waals surface area contributed by atoms with Crippen LogP contribution >= 0.6 is 31.7 Å². The molecule has 0 spiro atoms. The Morgan fingerprint density at radius 2 is 1.24 bits per heavy atom. The molecule has 0 saturated carbocycles. The minimum atomic E-state index is -2.42. The average molecular weight is 566 g/mol. The molecule has 0 fully saturated rings. The molecule has 0 atom stereocenters. The average Bonchev–Trinajstić information content (AvgIpc) is 2.93. The summed E-state index contributed by atoms with van der Waals surface area (Å²) < 4.78 is 0. The molecule has 0 unspecified atom stereocenters. The summed E-state index contributed by atoms with van der Waals surface area (Å²) in [6.07, 6.45) is 2.73. The first-order chi connectivity index (χ1) is 18.4. The molecule has 0 heterocycles. The number of hydrogen-bond donors (Lipinski definition) is 5. The monoisotopic (exact) mass is 565 g/mol. The number of nitrogens with two attached hydrogens (primary N) is 2. The van der Waals surface area contributed by atoms with Gasteiger partial charge in [-0.2, -0.15) is 0 Å². The first-order valence-corrected chi connectivity index (χ1v) is 15.1. The van der Waals surface area contributed by atoms with E-state index in [4.69, 9.17) is 35.9 Å². The first-order valence-electron chi connectivity index (χ1n) is 12.1. The van der Waals surface area contributed by atoms with Crippen molar-refractivity contribution >= 4 is 75.7 Å². The van der Waals surface area contributed by atoms with Crippen molar-refractivity contribution < 1.29 is 4.79 Å². The third-order valence-electron chi connectivity index (χ3n) is 5.93. The van der Waals surface area contributed by atoms with E-state index in [0.717, 1.165) is 6.16 Å². The van der Waals surface area contributed by atoms with Crippen LogP contribution in [0.25, 0.3) is 0 Å². The summed E-state index contributed by atoms with van der Waals surface area (Å²) in [5.74, 6) is -0.0965. The van der Waals surface area contributed by atoms with Gasteiger partial charge in [0.2, 0.25) is 0 Å². The van der Waals surface area contributed by atoms with Crippen LogP contribution in [-0.2, 0) is 4.79 Å². The third kappa shape index (κ3) is 8.41. The van der Waals surface area contributed by atoms with Crippen LogP contribution in [0.2, 0.25) is 0 Å². The topological polar surface area (TPSA) is 130 Å². The molecule has 0 aromatic heterocycles. The van der Waals surface area contributed by atoms with Gasteiger partial charge in [-0.05, 0) is 0 Å². The molecule has 7 N–H and O–H groups in total. The quantitative estimate of drug-likeness (QED) is 0.0977. The molecule has 0 radical (unpaired) electrons. The molecule has 3 aromatic rings. The van der Waals surface area contributed by atoms with Crippen molar-refractivity contribution in [1.29, 1.82) is 0 Å². The Morgan fingerprint density at radius 3 is 1.68 bits per heavy atom. The Bertz CT molecular complexity index is 1180. The maximum absolute atomic E-state index is 12.8. The number of hydrogen-bond acceptors (Lipinski definition) is 5. The summed E-state index contributed by atoms with van der Waals surface area (Å²) in [6, 6.07) is 31.8. The molecule has 0 aliphatic carbocycles. The molecule has 0 saturated heterocycles. The molecule has 0 bridgehead atoms. The molecule has 38 heavy (non-hydrogen) atoms. The second-order valence-electron chi connectivity index (χ2n) is 8.42. The van der Waals surface area contributed by atoms with E-state index in [0.29, 0.717) is 18.7 Å². The van der Waals surface area contributed by atoms with E-state index in [1.165, 1.54) is 22.1 Å². The van der Waals surface area contributed by atoms with Crippen LogP contribution in [0.5, 0.6) is 0 Å². The van der Waals surface area contributed by atoms with E-state index in [-0.39, 0.29) is 22.6 Å². The molecule has 3 aromatic carbocycles. The second kappa shape index (κ2) is 14.9. The first kappa shape index (κ1) is 28.8. The molecule has 1 amide bonds. The van der Waals surface area contributed by atoms with Gasteiger partial charge in [-0.15, -0.1) is 0 Å². The van der Waals surface area contributed by atoms with Crippen molar-refractivity contribution in [2.75, 3.05) is 12.7 Å². The van der Waals surface area contributed by atoms with E-state index >= 15 is 0 Å². The molecular weight excluding hydrogens is 533 g/mol. The Kier molecular flexibility index (Phi) is 11.3. The number of thiocarbonyl (C=S) groups is 2. The van der Waals surface area contributed by atoms with Gasteiger partial charge in [-0.3, -0.25) is 0 Å². The Labute approximate surface area is 234 Å². The fourth-order valence-corrected chi connectivity index (χ4v) is 9.02. The summed E-state index contributed by atoms with van der Waals surface area (Å²) in [6.45, 7) is 0.526. The van der Waals surface area contributed by atoms with E-state index in [2.05, 4.69) is 99.2 Å². The maximum atomic E-state index is 12.8. The van der Waals surface area contributed by atoms with Gasteiger partial charge in [0.25, 0.3) is 0 Å². The number of nitrogens with one attached hydrogen (secondary N) is 3. The van der Waals surface area contributed by atoms with Crippen molar-refractivity contribution in [3.63, 3.8) is 0 Å². The van der Waals surface area contributed by atoms with Crippen molar-refractivity contribution in [3.05, 3.63) is 91.0 Å². The van der Waals surface area contributed by atoms with Gasteiger partial charge in [0.15, 0.2) is 0 Å². The predicted octanol–water partition coefficient (Wildman–Crippen LogP) is 1.62. The van der Waals surface area contributed by atoms with Gasteiger partial charge in [0.05, 0.1) is 0 Å². The zero-order valence-electron chi connectivity index (χ0n) is 20.8. The zero-order chi connectivity index (χ0) is 27.2. The van der Waals surface area contributed by atoms with Crippen LogP contribution in [0.15, 0.2) is 101 Å². The number of carbonyl (C=O) groups is 1. The summed E-state index contributed by atoms with van der Waals surface area (Å²) >= 11 is 9.54. The van der Waals surface area contributed by atoms with Gasteiger partial charge in [0, 0.05) is 0 Å². The van der Waals surface area contributed by atoms with E-state index in [1.54, 1.807) is 0 Å². The molecule has 0 aliphatic rings. The molecule has 11 heteroatoms. The Hall–Kier alpha value is -3.72. The number of benzene rings is 3. The Balaban J connectivity index is 1.76. The summed E-state index contributed by atoms with van der Waals surface area (Å²) in [7, 11) is -2.42. The third-order valence-corrected chi connectivity index (χ3v) is 11.1. The van der Waals surface area contributed by atoms with Crippen molar-refractivity contribution in [2.24, 2.45) is 21.7 Å². The molecule has 8 nitrogen and oxygen atoms in total. The van der Waals surface area contributed by atoms with Gasteiger partial charge in [0.1, 0.15) is 0 Å². The van der Waals surface area contributed by atoms with Crippen LogP contribution < -0.4 is 43.5 Å². The van der Waals surface area contributed by atoms with Crippen molar-refractivity contribution in [1.82, 2.24) is 16.2 Å². The van der Waals surface area contributed by atoms with Gasteiger partial charge in [-0.25, -0.2) is 0 Å². The number of amides is 1. The van der Waals surface area contributed by atoms with Crippen LogP contribution in [0.4, 0.5) is 0 Å². The molecule has 0 aliphatic heterocycles. The summed E-state index contributed by atoms with van der Waals surface area (Å²) in [5.41, 5.74) is 16.3. The summed E-state index contributed by atoms with van der Waals surface area (Å²) in [5, 5.41) is 15.0. The minimum absolute atomic E-state index is 0.00620. The van der Waals surface area contributed by atoms with E-state index in [1.807, 2.05) is 18.2 Å². The van der Waals surface area contributed by atoms with Crippen molar-refractivity contribution in [2.45, 2.75) is 12.8 Å². The molecule has 3 rings (SSSR count). The standard InChI is InChI=1S/C27H32N7OPS2/c28-26(37)33-31-20-21(32-34-27(29)38)16-17-25(35)30-18-19-36(22-10-4-1-5-11-22,23-12-6-2-7-13-23)24-14-8-3-9-15-24/h1-15,20,36H,16-19H2,(H,30,35)(H3,28,33,37)(H3,29,34,38)/b31-20+,32-21-. The number of carbonyl (C=O) groups excluding carboxylic acids is 1. The number of nitrogens with zero attached hydrogens (tertiary/aromatic N) is 2. The van der Waals surface area contributed by atoms with Crippen LogP contribution in [0, 0.1) is 0 Å². The predicted molar refractivity (Wildman–Crippen MR) is 169 cm³/mol. The fourth-order valence-electron chi connectivity index (χ4n) is 4.27. The molecular formula is C27H32N7OPS2. The second-order valence-corrected chi connectivity index (χ2v) is 13.3. The van der Waals surface area contributed by atoms with Crippen LogP contribution in [0.3, 0.4) is 0 Å². The number of rotatable bonds is 12. The SMILES string of the molecule is NC(=S)N/N=C(\C=N\NC(N)=S)CCC(=O)NCC[PH](c1ccccc1)(c1ccccc1)c1ccccc1. The normalized spacial score (nSPS) is 12.1. The van der Waals surface area contributed by atoms with E-state index in [9.17, 15) is 4.79 Å². The van der Waals surface area contributed by atoms with Gasteiger partial charge < -0.3 is 0 Å². The van der Waals surface area contributed by atoms with Crippen molar-refractivity contribution in [3.8, 4) is 0 Å². The van der Waals surface area contributed by atoms with Crippen LogP contribution in [-0.4, -0.2) is 40.8 Å². The fraction of sp³-hybridized carbons (Fsp3) is 0.148. The van der Waals surface area contributed by atoms with Gasteiger partial charge in [-0.1, -0.05) is 0 Å². The zero-order valence-corrected chi connectivity index (χ0v) is 23.5. The molecule has 198 valence electrons. The summed E-state index contributed by atoms with van der Waals surface area (Å²) in [4.78, 5) is 12.8. The van der Waals surface area contributed by atoms with Gasteiger partial charge >= 0.3 is 235 Å². The van der Waals surface area contributed by atoms with E-state index < -0.39 is 7.26 Å². The number of hydrazone groups is 2. The Morgan fingerprint density at radius 1 is 0.763 bits per heavy atom. The van der Waals surface area contributed by atoms with Crippen LogP contribution in [0.1, 0.15) is 12.8 Å².